The smallest absolute Gasteiger partial charge is 0.301 e. The monoisotopic (exact) mass is 516 g/mol. The zero-order valence-corrected chi connectivity index (χ0v) is 20.8. The molecule has 1 aromatic heterocycles. The number of hydrogen-bond acceptors (Lipinski definition) is 6. The lowest BCUT2D eigenvalue weighted by atomic mass is 9.95. The predicted octanol–water partition coefficient (Wildman–Crippen LogP) is 6.31. The fraction of sp³-hybridized carbons (Fsp3) is 0.107. The summed E-state index contributed by atoms with van der Waals surface area (Å²) in [5, 5.41) is 13.8. The average molecular weight is 517 g/mol. The van der Waals surface area contributed by atoms with Crippen molar-refractivity contribution >= 4 is 45.5 Å². The molecule has 3 aromatic carbocycles. The van der Waals surface area contributed by atoms with Gasteiger partial charge in [0.25, 0.3) is 5.78 Å². The molecule has 1 aliphatic heterocycles. The molecule has 2 heterocycles. The van der Waals surface area contributed by atoms with Gasteiger partial charge in [-0.05, 0) is 54.4 Å². The first kappa shape index (κ1) is 23.8. The molecule has 0 bridgehead atoms. The maximum atomic E-state index is 13.2. The molecule has 0 aliphatic carbocycles. The Labute approximate surface area is 217 Å². The maximum absolute atomic E-state index is 13.2. The van der Waals surface area contributed by atoms with E-state index >= 15 is 0 Å². The number of ether oxygens (including phenoxy) is 1. The minimum absolute atomic E-state index is 0.0223. The highest BCUT2D eigenvalue weighted by atomic mass is 35.5. The molecule has 8 heteroatoms. The predicted molar refractivity (Wildman–Crippen MR) is 140 cm³/mol. The number of rotatable bonds is 6. The second-order valence-corrected chi connectivity index (χ2v) is 9.65. The van der Waals surface area contributed by atoms with Crippen LogP contribution in [-0.4, -0.2) is 21.8 Å². The summed E-state index contributed by atoms with van der Waals surface area (Å²) < 4.78 is 5.87. The number of amides is 1. The minimum Gasteiger partial charge on any atom is -0.507 e. The van der Waals surface area contributed by atoms with Crippen LogP contribution in [0.3, 0.4) is 0 Å². The summed E-state index contributed by atoms with van der Waals surface area (Å²) in [4.78, 5) is 31.8. The molecule has 4 aromatic rings. The van der Waals surface area contributed by atoms with E-state index in [1.807, 2.05) is 25.1 Å². The number of thiazole rings is 1. The second-order valence-electron chi connectivity index (χ2n) is 8.34. The Morgan fingerprint density at radius 1 is 1.08 bits per heavy atom. The number of benzene rings is 3. The summed E-state index contributed by atoms with van der Waals surface area (Å²) in [6, 6.07) is 20.8. The van der Waals surface area contributed by atoms with E-state index < -0.39 is 17.7 Å². The number of Topliss-reactive ketones (excluding diaryl/α,β-unsaturated/α-hetero) is 1. The van der Waals surface area contributed by atoms with Gasteiger partial charge in [0.1, 0.15) is 18.1 Å². The van der Waals surface area contributed by atoms with E-state index in [0.717, 1.165) is 11.1 Å². The fourth-order valence-corrected chi connectivity index (χ4v) is 5.06. The summed E-state index contributed by atoms with van der Waals surface area (Å²) >= 11 is 7.45. The van der Waals surface area contributed by atoms with Crippen molar-refractivity contribution < 1.29 is 19.4 Å². The highest BCUT2D eigenvalue weighted by molar-refractivity contribution is 7.14. The molecule has 36 heavy (non-hydrogen) atoms. The lowest BCUT2D eigenvalue weighted by molar-refractivity contribution is -0.132. The molecule has 1 N–H and O–H groups in total. The molecule has 5 rings (SSSR count). The van der Waals surface area contributed by atoms with E-state index in [2.05, 4.69) is 11.1 Å². The van der Waals surface area contributed by atoms with Crippen molar-refractivity contribution in [3.05, 3.63) is 117 Å². The van der Waals surface area contributed by atoms with Crippen molar-refractivity contribution in [1.82, 2.24) is 4.98 Å². The molecule has 1 atom stereocenters. The normalized spacial score (nSPS) is 16.9. The summed E-state index contributed by atoms with van der Waals surface area (Å²) in [6.07, 6.45) is 1.56. The van der Waals surface area contributed by atoms with Crippen LogP contribution in [0.25, 0.3) is 5.76 Å². The highest BCUT2D eigenvalue weighted by Gasteiger charge is 2.48. The molecule has 6 nitrogen and oxygen atoms in total. The van der Waals surface area contributed by atoms with Crippen LogP contribution in [0, 0.1) is 6.92 Å². The Kier molecular flexibility index (Phi) is 6.59. The van der Waals surface area contributed by atoms with Crippen LogP contribution < -0.4 is 9.64 Å². The number of aryl methyl sites for hydroxylation is 1. The summed E-state index contributed by atoms with van der Waals surface area (Å²) in [6.45, 7) is 2.43. The molecule has 0 unspecified atom stereocenters. The average Bonchev–Trinajstić information content (AvgIpc) is 3.49. The first-order chi connectivity index (χ1) is 17.4. The van der Waals surface area contributed by atoms with E-state index in [-0.39, 0.29) is 11.3 Å². The number of carbonyl (C=O) groups excluding carboxylic acids is 2. The van der Waals surface area contributed by atoms with Gasteiger partial charge in [0, 0.05) is 22.2 Å². The molecule has 1 aliphatic rings. The van der Waals surface area contributed by atoms with Gasteiger partial charge in [-0.3, -0.25) is 14.5 Å². The van der Waals surface area contributed by atoms with Crippen LogP contribution in [0.15, 0.2) is 89.9 Å². The van der Waals surface area contributed by atoms with E-state index in [0.29, 0.717) is 33.6 Å². The van der Waals surface area contributed by atoms with Gasteiger partial charge < -0.3 is 9.84 Å². The number of nitrogens with zero attached hydrogens (tertiary/aromatic N) is 2. The van der Waals surface area contributed by atoms with Crippen molar-refractivity contribution in [2.45, 2.75) is 19.6 Å². The Bertz CT molecular complexity index is 1470. The van der Waals surface area contributed by atoms with E-state index in [1.54, 1.807) is 60.1 Å². The van der Waals surface area contributed by atoms with Crippen LogP contribution in [0.4, 0.5) is 5.13 Å². The third kappa shape index (κ3) is 4.63. The second kappa shape index (κ2) is 9.97. The standard InChI is InChI=1S/C28H21ClN2O4S/c1-17-4-2-5-18(14-17)16-35-22-10-8-19(9-11-22)25(32)23-24(20-6-3-7-21(29)15-20)31(27(34)26(23)33)28-30-12-13-36-28/h2-15,24,32H,16H2,1H3/b25-23+/t24-/m1/s1. The van der Waals surface area contributed by atoms with Gasteiger partial charge in [-0.2, -0.15) is 0 Å². The number of aliphatic hydroxyl groups is 1. The largest absolute Gasteiger partial charge is 0.507 e. The molecule has 0 saturated carbocycles. The molecule has 0 spiro atoms. The van der Waals surface area contributed by atoms with Crippen LogP contribution in [0.1, 0.15) is 28.3 Å². The van der Waals surface area contributed by atoms with Gasteiger partial charge in [0.05, 0.1) is 11.6 Å². The number of ketones is 1. The fourth-order valence-electron chi connectivity index (χ4n) is 4.19. The topological polar surface area (TPSA) is 79.7 Å². The van der Waals surface area contributed by atoms with E-state index in [4.69, 9.17) is 16.3 Å². The van der Waals surface area contributed by atoms with Crippen LogP contribution in [0.2, 0.25) is 5.02 Å². The van der Waals surface area contributed by atoms with Gasteiger partial charge in [-0.15, -0.1) is 11.3 Å². The first-order valence-corrected chi connectivity index (χ1v) is 12.4. The Morgan fingerprint density at radius 3 is 2.56 bits per heavy atom. The number of hydrogen-bond donors (Lipinski definition) is 1. The third-order valence-corrected chi connectivity index (χ3v) is 6.86. The summed E-state index contributed by atoms with van der Waals surface area (Å²) in [5.74, 6) is -1.20. The van der Waals surface area contributed by atoms with Gasteiger partial charge in [0.15, 0.2) is 5.13 Å². The number of aromatic nitrogens is 1. The van der Waals surface area contributed by atoms with Gasteiger partial charge >= 0.3 is 5.91 Å². The number of carbonyl (C=O) groups is 2. The Balaban J connectivity index is 1.49. The highest BCUT2D eigenvalue weighted by Crippen LogP contribution is 2.43. The SMILES string of the molecule is Cc1cccc(COc2ccc(/C(O)=C3\C(=O)C(=O)N(c4nccs4)[C@@H]3c3cccc(Cl)c3)cc2)c1. The first-order valence-electron chi connectivity index (χ1n) is 11.2. The quantitative estimate of drug-likeness (QED) is 0.184. The van der Waals surface area contributed by atoms with Gasteiger partial charge in [0.2, 0.25) is 0 Å². The Morgan fingerprint density at radius 2 is 1.86 bits per heavy atom. The number of anilines is 1. The molecule has 1 saturated heterocycles. The van der Waals surface area contributed by atoms with Gasteiger partial charge in [-0.25, -0.2) is 4.98 Å². The molecule has 1 fully saturated rings. The summed E-state index contributed by atoms with van der Waals surface area (Å²) in [5.41, 5.74) is 3.16. The number of aliphatic hydroxyl groups excluding tert-OH is 1. The van der Waals surface area contributed by atoms with Gasteiger partial charge in [-0.1, -0.05) is 53.6 Å². The molecule has 0 radical (unpaired) electrons. The zero-order valence-electron chi connectivity index (χ0n) is 19.2. The molecular formula is C28H21ClN2O4S. The van der Waals surface area contributed by atoms with Crippen LogP contribution >= 0.6 is 22.9 Å². The lowest BCUT2D eigenvalue weighted by Crippen LogP contribution is -2.29. The maximum Gasteiger partial charge on any atom is 0.301 e. The van der Waals surface area contributed by atoms with Crippen LogP contribution in [-0.2, 0) is 16.2 Å². The Hall–Kier alpha value is -3.94. The summed E-state index contributed by atoms with van der Waals surface area (Å²) in [7, 11) is 0. The van der Waals surface area contributed by atoms with Crippen molar-refractivity contribution in [3.8, 4) is 5.75 Å². The molecule has 1 amide bonds. The van der Waals surface area contributed by atoms with Crippen molar-refractivity contribution in [2.75, 3.05) is 4.90 Å². The minimum atomic E-state index is -0.868. The molecule has 180 valence electrons. The van der Waals surface area contributed by atoms with E-state index in [9.17, 15) is 14.7 Å². The van der Waals surface area contributed by atoms with Crippen LogP contribution in [0.5, 0.6) is 5.75 Å². The zero-order chi connectivity index (χ0) is 25.2. The van der Waals surface area contributed by atoms with Crippen molar-refractivity contribution in [2.24, 2.45) is 0 Å². The molecular weight excluding hydrogens is 496 g/mol. The van der Waals surface area contributed by atoms with Crippen molar-refractivity contribution in [1.29, 1.82) is 0 Å². The lowest BCUT2D eigenvalue weighted by Gasteiger charge is -2.23. The third-order valence-electron chi connectivity index (χ3n) is 5.85. The van der Waals surface area contributed by atoms with Crippen molar-refractivity contribution in [3.63, 3.8) is 0 Å². The van der Waals surface area contributed by atoms with E-state index in [1.165, 1.54) is 16.2 Å². The number of halogens is 1.